The van der Waals surface area contributed by atoms with Crippen molar-refractivity contribution in [3.63, 3.8) is 0 Å². The van der Waals surface area contributed by atoms with Crippen molar-refractivity contribution in [2.45, 2.75) is 101 Å². The van der Waals surface area contributed by atoms with Crippen molar-refractivity contribution in [1.29, 1.82) is 0 Å². The van der Waals surface area contributed by atoms with Crippen molar-refractivity contribution in [2.24, 2.45) is 5.92 Å². The zero-order valence-electron chi connectivity index (χ0n) is 38.8. The van der Waals surface area contributed by atoms with Gasteiger partial charge in [-0.25, -0.2) is 23.9 Å². The largest absolute Gasteiger partial charge is 0.464 e. The van der Waals surface area contributed by atoms with Gasteiger partial charge in [0.25, 0.3) is 0 Å². The molecule has 6 unspecified atom stereocenters. The molecule has 1 saturated carbocycles. The second kappa shape index (κ2) is 18.0. The van der Waals surface area contributed by atoms with Gasteiger partial charge in [-0.2, -0.15) is 0 Å². The number of H-pyrrole nitrogens is 2. The fourth-order valence-electron chi connectivity index (χ4n) is 10.8. The number of carbonyl (C=O) groups is 4. The molecular formula is C50H54FN9O8S. The van der Waals surface area contributed by atoms with Crippen LogP contribution in [0.3, 0.4) is 0 Å². The van der Waals surface area contributed by atoms with E-state index in [0.29, 0.717) is 84.6 Å². The first-order valence-electron chi connectivity index (χ1n) is 23.7. The Bertz CT molecular complexity index is 2970. The molecule has 4 aliphatic heterocycles. The minimum atomic E-state index is -0.759. The average Bonchev–Trinajstić information content (AvgIpc) is 3.91. The van der Waals surface area contributed by atoms with E-state index in [2.05, 4.69) is 53.1 Å². The summed E-state index contributed by atoms with van der Waals surface area (Å²) >= 11 is 1.73. The van der Waals surface area contributed by atoms with Crippen molar-refractivity contribution in [3.8, 4) is 39.5 Å². The molecule has 0 bridgehead atoms. The van der Waals surface area contributed by atoms with E-state index in [1.807, 2.05) is 38.1 Å². The molecule has 69 heavy (non-hydrogen) atoms. The lowest BCUT2D eigenvalue weighted by atomic mass is 9.84. The van der Waals surface area contributed by atoms with Crippen LogP contribution in [0.15, 0.2) is 60.9 Å². The highest BCUT2D eigenvalue weighted by atomic mass is 32.1. The van der Waals surface area contributed by atoms with Crippen LogP contribution in [-0.2, 0) is 23.8 Å². The van der Waals surface area contributed by atoms with E-state index in [1.165, 1.54) is 38.0 Å². The number of ether oxygens (including phenoxy) is 4. The van der Waals surface area contributed by atoms with Gasteiger partial charge >= 0.3 is 12.2 Å². The lowest BCUT2D eigenvalue weighted by Gasteiger charge is -2.44. The Kier molecular flexibility index (Phi) is 11.7. The molecule has 4 fully saturated rings. The molecule has 6 aromatic rings. The van der Waals surface area contributed by atoms with E-state index in [9.17, 15) is 19.2 Å². The van der Waals surface area contributed by atoms with Gasteiger partial charge in [0.1, 0.15) is 35.8 Å². The monoisotopic (exact) mass is 959 g/mol. The summed E-state index contributed by atoms with van der Waals surface area (Å²) in [7, 11) is 2.54. The molecule has 3 saturated heterocycles. The van der Waals surface area contributed by atoms with Crippen LogP contribution in [0.5, 0.6) is 5.75 Å². The van der Waals surface area contributed by atoms with Crippen molar-refractivity contribution in [3.05, 3.63) is 88.1 Å². The maximum Gasteiger partial charge on any atom is 0.407 e. The Morgan fingerprint density at radius 3 is 2.25 bits per heavy atom. The fraction of sp³-hybridized carbons (Fsp3) is 0.440. The number of likely N-dealkylation sites (tertiary alicyclic amines) is 2. The number of aromatic nitrogens is 5. The first-order valence-corrected chi connectivity index (χ1v) is 24.5. The zero-order chi connectivity index (χ0) is 47.7. The van der Waals surface area contributed by atoms with Crippen LogP contribution in [0.2, 0.25) is 0 Å². The fourth-order valence-corrected chi connectivity index (χ4v) is 12.0. The molecule has 360 valence electrons. The smallest absolute Gasteiger partial charge is 0.407 e. The molecule has 5 aliphatic rings. The number of fused-ring (bicyclic) bond motifs is 5. The number of hydrogen-bond donors (Lipinski definition) is 4. The molecule has 1 aliphatic carbocycles. The number of nitrogens with one attached hydrogen (secondary N) is 4. The highest BCUT2D eigenvalue weighted by Crippen LogP contribution is 2.50. The van der Waals surface area contributed by atoms with Gasteiger partial charge in [0, 0.05) is 34.5 Å². The van der Waals surface area contributed by atoms with Gasteiger partial charge in [0.2, 0.25) is 18.0 Å². The molecule has 8 heterocycles. The van der Waals surface area contributed by atoms with Gasteiger partial charge in [0.05, 0.1) is 83.9 Å². The number of methoxy groups -OCH3 is 2. The first-order chi connectivity index (χ1) is 33.4. The predicted octanol–water partition coefficient (Wildman–Crippen LogP) is 8.33. The highest BCUT2D eigenvalue weighted by Gasteiger charge is 2.44. The SMILES string of the molecule is COC(=O)NCC(=O)N1CCCC1c1ncc(-c2cc(F)c3c(c2)OC(c2ccc(C4CC4)s2)n2c-3cc3cc(-c4cnc(C5CCN5C(=O)C(NC(=O)OC)C5CC(C)OC(C)C5)[nH]4)ccc32)[nH]1. The molecule has 4 aromatic heterocycles. The van der Waals surface area contributed by atoms with Crippen molar-refractivity contribution in [2.75, 3.05) is 33.9 Å². The summed E-state index contributed by atoms with van der Waals surface area (Å²) in [5.74, 6) is 1.20. The molecule has 19 heteroatoms. The highest BCUT2D eigenvalue weighted by molar-refractivity contribution is 7.12. The molecule has 17 nitrogen and oxygen atoms in total. The maximum absolute atomic E-state index is 16.9. The summed E-state index contributed by atoms with van der Waals surface area (Å²) in [6.07, 6.45) is 7.23. The topological polar surface area (TPSA) is 198 Å². The van der Waals surface area contributed by atoms with Crippen LogP contribution < -0.4 is 15.4 Å². The number of halogens is 1. The van der Waals surface area contributed by atoms with Gasteiger partial charge < -0.3 is 49.3 Å². The van der Waals surface area contributed by atoms with E-state index < -0.39 is 30.3 Å². The van der Waals surface area contributed by atoms with Crippen LogP contribution >= 0.6 is 11.3 Å². The van der Waals surface area contributed by atoms with Crippen LogP contribution in [-0.4, -0.2) is 110 Å². The summed E-state index contributed by atoms with van der Waals surface area (Å²) in [6.45, 7) is 4.83. The molecule has 4 N–H and O–H groups in total. The summed E-state index contributed by atoms with van der Waals surface area (Å²) < 4.78 is 41.3. The maximum atomic E-state index is 16.9. The van der Waals surface area contributed by atoms with E-state index in [-0.39, 0.29) is 48.6 Å². The minimum absolute atomic E-state index is 0.0452. The van der Waals surface area contributed by atoms with Gasteiger partial charge in [0.15, 0.2) is 0 Å². The summed E-state index contributed by atoms with van der Waals surface area (Å²) in [5.41, 5.74) is 4.67. The molecule has 4 amide bonds. The first kappa shape index (κ1) is 44.8. The predicted molar refractivity (Wildman–Crippen MR) is 253 cm³/mol. The number of alkyl carbamates (subject to hydrolysis) is 2. The Morgan fingerprint density at radius 1 is 0.841 bits per heavy atom. The van der Waals surface area contributed by atoms with Gasteiger partial charge in [-0.3, -0.25) is 14.2 Å². The van der Waals surface area contributed by atoms with Crippen LogP contribution in [0.4, 0.5) is 14.0 Å². The van der Waals surface area contributed by atoms with Crippen molar-refractivity contribution < 1.29 is 42.5 Å². The number of carbonyl (C=O) groups excluding carboxylic acids is 4. The van der Waals surface area contributed by atoms with Crippen molar-refractivity contribution in [1.82, 2.24) is 44.9 Å². The second-order valence-electron chi connectivity index (χ2n) is 18.9. The molecular weight excluding hydrogens is 906 g/mol. The standard InChI is InChI=1S/C50H54FN9O8S/c1-25-16-31(17-26(2)67-25)44(57-50(64)66-4)47(62)59-15-13-37(59)46-52-22-33(55-46)28-9-10-35-30(18-28)20-38-43-32(51)19-29(21-39(43)68-48(60(35)38)41-12-11-40(69-41)27-7-8-27)34-23-53-45(56-34)36-6-5-14-58(36)42(61)24-54-49(63)65-3/h9-12,18-23,25-27,31,36-37,44,48H,5-8,13-17,24H2,1-4H3,(H,52,55)(H,53,56)(H,54,63)(H,57,64). The quantitative estimate of drug-likeness (QED) is 0.0980. The van der Waals surface area contributed by atoms with Crippen LogP contribution in [0, 0.1) is 11.7 Å². The van der Waals surface area contributed by atoms with E-state index >= 15 is 4.39 Å². The summed E-state index contributed by atoms with van der Waals surface area (Å²) in [4.78, 5) is 73.4. The molecule has 0 radical (unpaired) electrons. The molecule has 2 aromatic carbocycles. The Hall–Kier alpha value is -6.73. The molecule has 6 atom stereocenters. The molecule has 11 rings (SSSR count). The number of nitrogens with zero attached hydrogens (tertiary/aromatic N) is 5. The van der Waals surface area contributed by atoms with Crippen molar-refractivity contribution >= 4 is 46.2 Å². The number of thiophene rings is 1. The van der Waals surface area contributed by atoms with E-state index in [4.69, 9.17) is 19.2 Å². The minimum Gasteiger partial charge on any atom is -0.464 e. The van der Waals surface area contributed by atoms with E-state index in [1.54, 1.807) is 33.5 Å². The number of imidazole rings is 2. The normalized spacial score (nSPS) is 23.4. The number of benzene rings is 2. The molecule has 0 spiro atoms. The summed E-state index contributed by atoms with van der Waals surface area (Å²) in [5, 5.41) is 6.18. The van der Waals surface area contributed by atoms with Gasteiger partial charge in [-0.05, 0) is 113 Å². The van der Waals surface area contributed by atoms with Gasteiger partial charge in [-0.15, -0.1) is 11.3 Å². The second-order valence-corrected chi connectivity index (χ2v) is 20.0. The Balaban J connectivity index is 0.885. The van der Waals surface area contributed by atoms with Gasteiger partial charge in [-0.1, -0.05) is 6.07 Å². The average molecular weight is 960 g/mol. The number of rotatable bonds is 11. The Labute approximate surface area is 401 Å². The lowest BCUT2D eigenvalue weighted by Crippen LogP contribution is -2.58. The van der Waals surface area contributed by atoms with Crippen LogP contribution in [0.25, 0.3) is 44.7 Å². The lowest BCUT2D eigenvalue weighted by molar-refractivity contribution is -0.145. The third-order valence-electron chi connectivity index (χ3n) is 14.3. The Morgan fingerprint density at radius 2 is 1.55 bits per heavy atom. The third kappa shape index (κ3) is 8.38. The number of aromatic amines is 2. The zero-order valence-corrected chi connectivity index (χ0v) is 39.6. The van der Waals surface area contributed by atoms with E-state index in [0.717, 1.165) is 33.5 Å². The number of hydrogen-bond acceptors (Lipinski definition) is 11. The van der Waals surface area contributed by atoms with Crippen LogP contribution in [0.1, 0.15) is 104 Å². The summed E-state index contributed by atoms with van der Waals surface area (Å²) in [6, 6.07) is 14.4. The number of amides is 4. The third-order valence-corrected chi connectivity index (χ3v) is 15.6.